The van der Waals surface area contributed by atoms with Gasteiger partial charge in [-0.15, -0.1) is 0 Å². The molecule has 0 saturated carbocycles. The molecule has 0 amide bonds. The molecule has 1 saturated heterocycles. The van der Waals surface area contributed by atoms with E-state index in [4.69, 9.17) is 4.99 Å². The summed E-state index contributed by atoms with van der Waals surface area (Å²) in [4.78, 5) is 15.9. The Morgan fingerprint density at radius 3 is 2.72 bits per heavy atom. The van der Waals surface area contributed by atoms with Crippen LogP contribution in [0.15, 0.2) is 17.5 Å². The number of fused-ring (bicyclic) bond motifs is 1. The third-order valence-corrected chi connectivity index (χ3v) is 5.18. The van der Waals surface area contributed by atoms with Gasteiger partial charge in [-0.1, -0.05) is 12.8 Å². The van der Waals surface area contributed by atoms with Gasteiger partial charge in [0.25, 0.3) is 0 Å². The highest BCUT2D eigenvalue weighted by atomic mass is 15.3. The first-order valence-corrected chi connectivity index (χ1v) is 10.9. The number of guanidine groups is 1. The van der Waals surface area contributed by atoms with Gasteiger partial charge in [0.2, 0.25) is 0 Å². The molecule has 0 unspecified atom stereocenters. The monoisotopic (exact) mass is 401 g/mol. The quantitative estimate of drug-likeness (QED) is 0.334. The third-order valence-electron chi connectivity index (χ3n) is 5.18. The lowest BCUT2D eigenvalue weighted by molar-refractivity contribution is 0.283. The van der Waals surface area contributed by atoms with Crippen molar-refractivity contribution in [2.75, 3.05) is 51.1 Å². The van der Waals surface area contributed by atoms with Crippen molar-refractivity contribution in [3.05, 3.63) is 12.5 Å². The number of nitrogens with one attached hydrogen (secondary N) is 3. The maximum absolute atomic E-state index is 4.72. The number of aliphatic imine (C=N–C) groups is 1. The molecule has 0 aliphatic carbocycles. The molecule has 3 rings (SSSR count). The first-order valence-electron chi connectivity index (χ1n) is 10.9. The number of hydrogen-bond donors (Lipinski definition) is 3. The van der Waals surface area contributed by atoms with Crippen LogP contribution in [0.1, 0.15) is 39.0 Å². The molecular weight excluding hydrogens is 366 g/mol. The van der Waals surface area contributed by atoms with Gasteiger partial charge in [-0.05, 0) is 45.8 Å². The normalized spacial score (nSPS) is 16.0. The number of aryl methyl sites for hydroxylation is 1. The molecule has 2 aromatic rings. The van der Waals surface area contributed by atoms with Gasteiger partial charge in [0, 0.05) is 33.2 Å². The van der Waals surface area contributed by atoms with E-state index < -0.39 is 0 Å². The number of hydrogen-bond acceptors (Lipinski definition) is 6. The Hall–Kier alpha value is -2.42. The van der Waals surface area contributed by atoms with Gasteiger partial charge >= 0.3 is 0 Å². The predicted octanol–water partition coefficient (Wildman–Crippen LogP) is 1.60. The zero-order valence-corrected chi connectivity index (χ0v) is 17.8. The zero-order valence-electron chi connectivity index (χ0n) is 17.8. The maximum Gasteiger partial charge on any atom is 0.191 e. The summed E-state index contributed by atoms with van der Waals surface area (Å²) >= 11 is 0. The SMILES string of the molecule is CCNC(=NCCCN1CCCCCC1)NCCNc1ncnc2c1cnn2C. The summed E-state index contributed by atoms with van der Waals surface area (Å²) in [5.74, 6) is 1.68. The van der Waals surface area contributed by atoms with Crippen LogP contribution in [0, 0.1) is 0 Å². The fourth-order valence-electron chi connectivity index (χ4n) is 3.65. The van der Waals surface area contributed by atoms with Crippen LogP contribution in [0.3, 0.4) is 0 Å². The fraction of sp³-hybridized carbons (Fsp3) is 0.700. The molecule has 1 aliphatic heterocycles. The van der Waals surface area contributed by atoms with Crippen molar-refractivity contribution in [3.8, 4) is 0 Å². The summed E-state index contributed by atoms with van der Waals surface area (Å²) < 4.78 is 1.75. The first-order chi connectivity index (χ1) is 14.3. The van der Waals surface area contributed by atoms with Crippen LogP contribution >= 0.6 is 0 Å². The first kappa shape index (κ1) is 21.3. The molecule has 0 spiro atoms. The standard InChI is InChI=1S/C20H35N9/c1-3-21-20(23-9-8-14-29-12-6-4-5-7-13-29)24-11-10-22-18-17-15-27-28(2)19(17)26-16-25-18/h15-16H,3-14H2,1-2H3,(H2,21,23,24)(H,22,25,26). The molecule has 9 heteroatoms. The lowest BCUT2D eigenvalue weighted by atomic mass is 10.2. The van der Waals surface area contributed by atoms with Crippen molar-refractivity contribution < 1.29 is 0 Å². The van der Waals surface area contributed by atoms with Crippen molar-refractivity contribution in [2.24, 2.45) is 12.0 Å². The summed E-state index contributed by atoms with van der Waals surface area (Å²) in [6.07, 6.45) is 9.93. The minimum absolute atomic E-state index is 0.735. The average Bonchev–Trinajstić information content (AvgIpc) is 2.94. The van der Waals surface area contributed by atoms with E-state index in [-0.39, 0.29) is 0 Å². The van der Waals surface area contributed by atoms with E-state index in [1.165, 1.54) is 38.8 Å². The number of aromatic nitrogens is 4. The van der Waals surface area contributed by atoms with Gasteiger partial charge in [-0.3, -0.25) is 9.67 Å². The second kappa shape index (κ2) is 11.5. The van der Waals surface area contributed by atoms with Crippen molar-refractivity contribution in [1.82, 2.24) is 35.3 Å². The Balaban J connectivity index is 1.39. The largest absolute Gasteiger partial charge is 0.368 e. The van der Waals surface area contributed by atoms with E-state index in [0.29, 0.717) is 0 Å². The number of anilines is 1. The number of rotatable bonds is 9. The summed E-state index contributed by atoms with van der Waals surface area (Å²) in [7, 11) is 1.88. The molecule has 3 heterocycles. The Morgan fingerprint density at radius 2 is 1.93 bits per heavy atom. The molecule has 0 radical (unpaired) electrons. The van der Waals surface area contributed by atoms with Gasteiger partial charge in [0.1, 0.15) is 12.1 Å². The molecule has 9 nitrogen and oxygen atoms in total. The van der Waals surface area contributed by atoms with Crippen LogP contribution in [-0.2, 0) is 7.05 Å². The topological polar surface area (TPSA) is 95.3 Å². The highest BCUT2D eigenvalue weighted by Crippen LogP contribution is 2.17. The summed E-state index contributed by atoms with van der Waals surface area (Å²) in [6.45, 7) is 8.94. The van der Waals surface area contributed by atoms with Gasteiger partial charge < -0.3 is 20.9 Å². The summed E-state index contributed by atoms with van der Waals surface area (Å²) in [6, 6.07) is 0. The molecule has 0 atom stereocenters. The zero-order chi connectivity index (χ0) is 20.3. The lowest BCUT2D eigenvalue weighted by Crippen LogP contribution is -2.39. The van der Waals surface area contributed by atoms with Gasteiger partial charge in [0.15, 0.2) is 11.6 Å². The van der Waals surface area contributed by atoms with Crippen molar-refractivity contribution in [1.29, 1.82) is 0 Å². The van der Waals surface area contributed by atoms with Crippen molar-refractivity contribution in [2.45, 2.75) is 39.0 Å². The van der Waals surface area contributed by atoms with Gasteiger partial charge in [-0.25, -0.2) is 9.97 Å². The summed E-state index contributed by atoms with van der Waals surface area (Å²) in [5, 5.41) is 15.2. The average molecular weight is 402 g/mol. The molecule has 2 aromatic heterocycles. The van der Waals surface area contributed by atoms with Crippen molar-refractivity contribution >= 4 is 22.8 Å². The van der Waals surface area contributed by atoms with E-state index in [9.17, 15) is 0 Å². The Kier molecular flexibility index (Phi) is 8.48. The molecule has 0 aromatic carbocycles. The molecular formula is C20H35N9. The molecule has 0 bridgehead atoms. The van der Waals surface area contributed by atoms with Crippen LogP contribution in [0.4, 0.5) is 5.82 Å². The predicted molar refractivity (Wildman–Crippen MR) is 118 cm³/mol. The van der Waals surface area contributed by atoms with Crippen LogP contribution in [0.25, 0.3) is 11.0 Å². The highest BCUT2D eigenvalue weighted by molar-refractivity contribution is 5.86. The highest BCUT2D eigenvalue weighted by Gasteiger charge is 2.08. The maximum atomic E-state index is 4.72. The smallest absolute Gasteiger partial charge is 0.191 e. The second-order valence-corrected chi connectivity index (χ2v) is 7.45. The second-order valence-electron chi connectivity index (χ2n) is 7.45. The number of nitrogens with zero attached hydrogens (tertiary/aromatic N) is 6. The van der Waals surface area contributed by atoms with Gasteiger partial charge in [-0.2, -0.15) is 5.10 Å². The van der Waals surface area contributed by atoms with Gasteiger partial charge in [0.05, 0.1) is 11.6 Å². The Labute approximate surface area is 173 Å². The Morgan fingerprint density at radius 1 is 1.10 bits per heavy atom. The van der Waals surface area contributed by atoms with Crippen LogP contribution in [-0.4, -0.2) is 76.4 Å². The molecule has 1 fully saturated rings. The number of likely N-dealkylation sites (tertiary alicyclic amines) is 1. The molecule has 160 valence electrons. The Bertz CT molecular complexity index is 762. The van der Waals surface area contributed by atoms with E-state index >= 15 is 0 Å². The van der Waals surface area contributed by atoms with E-state index in [1.54, 1.807) is 17.2 Å². The fourth-order valence-corrected chi connectivity index (χ4v) is 3.65. The van der Waals surface area contributed by atoms with Crippen LogP contribution in [0.2, 0.25) is 0 Å². The van der Waals surface area contributed by atoms with Crippen LogP contribution < -0.4 is 16.0 Å². The van der Waals surface area contributed by atoms with Crippen LogP contribution in [0.5, 0.6) is 0 Å². The van der Waals surface area contributed by atoms with Crippen molar-refractivity contribution in [3.63, 3.8) is 0 Å². The molecule has 1 aliphatic rings. The minimum atomic E-state index is 0.735. The minimum Gasteiger partial charge on any atom is -0.368 e. The molecule has 3 N–H and O–H groups in total. The van der Waals surface area contributed by atoms with E-state index in [2.05, 4.69) is 42.8 Å². The van der Waals surface area contributed by atoms with E-state index in [0.717, 1.165) is 62.0 Å². The lowest BCUT2D eigenvalue weighted by Gasteiger charge is -2.19. The third kappa shape index (κ3) is 6.56. The molecule has 29 heavy (non-hydrogen) atoms. The summed E-state index contributed by atoms with van der Waals surface area (Å²) in [5.41, 5.74) is 0.828. The van der Waals surface area contributed by atoms with E-state index in [1.807, 2.05) is 7.05 Å².